The molecule has 0 unspecified atom stereocenters. The van der Waals surface area contributed by atoms with E-state index in [4.69, 9.17) is 0 Å². The van der Waals surface area contributed by atoms with Crippen LogP contribution in [0, 0.1) is 5.92 Å². The fraction of sp³-hybridized carbons (Fsp3) is 0.643. The van der Waals surface area contributed by atoms with Crippen LogP contribution < -0.4 is 5.32 Å². The van der Waals surface area contributed by atoms with Gasteiger partial charge in [0.1, 0.15) is 5.69 Å². The highest BCUT2D eigenvalue weighted by Gasteiger charge is 2.35. The lowest BCUT2D eigenvalue weighted by molar-refractivity contribution is -0.129. The fourth-order valence-electron chi connectivity index (χ4n) is 3.23. The van der Waals surface area contributed by atoms with Crippen LogP contribution in [0.5, 0.6) is 0 Å². The summed E-state index contributed by atoms with van der Waals surface area (Å²) in [5.41, 5.74) is 0.460. The Balaban J connectivity index is 1.49. The minimum atomic E-state index is -0.158. The molecule has 6 nitrogen and oxygen atoms in total. The van der Waals surface area contributed by atoms with Crippen LogP contribution in [0.4, 0.5) is 0 Å². The van der Waals surface area contributed by atoms with E-state index in [1.165, 1.54) is 25.4 Å². The molecule has 1 aliphatic carbocycles. The summed E-state index contributed by atoms with van der Waals surface area (Å²) in [5, 5.41) is 2.87. The number of carbonyl (C=O) groups is 2. The average Bonchev–Trinajstić information content (AvgIpc) is 3.17. The molecule has 1 aliphatic heterocycles. The van der Waals surface area contributed by atoms with Gasteiger partial charge in [0.05, 0.1) is 12.5 Å². The molecule has 1 aromatic rings. The summed E-state index contributed by atoms with van der Waals surface area (Å²) in [6.07, 6.45) is 8.28. The van der Waals surface area contributed by atoms with E-state index in [1.54, 1.807) is 0 Å². The van der Waals surface area contributed by atoms with Crippen molar-refractivity contribution < 1.29 is 9.59 Å². The van der Waals surface area contributed by atoms with Crippen molar-refractivity contribution in [2.75, 3.05) is 13.1 Å². The molecule has 0 aromatic carbocycles. The SMILES string of the molecule is O=C(NC[C@@H]1CC(=O)N(C2CCCC2)C1)c1cnc[nH]1. The largest absolute Gasteiger partial charge is 0.350 e. The van der Waals surface area contributed by atoms with E-state index in [9.17, 15) is 9.59 Å². The number of hydrogen-bond acceptors (Lipinski definition) is 3. The Kier molecular flexibility index (Phi) is 3.71. The number of carbonyl (C=O) groups excluding carboxylic acids is 2. The molecule has 1 aromatic heterocycles. The van der Waals surface area contributed by atoms with Gasteiger partial charge < -0.3 is 15.2 Å². The standard InChI is InChI=1S/C14H20N4O2/c19-13-5-10(8-18(13)11-3-1-2-4-11)6-16-14(20)12-7-15-9-17-12/h7,9-11H,1-6,8H2,(H,15,17)(H,16,20)/t10-/m0/s1. The highest BCUT2D eigenvalue weighted by molar-refractivity contribution is 5.92. The maximum Gasteiger partial charge on any atom is 0.269 e. The Morgan fingerprint density at radius 2 is 2.25 bits per heavy atom. The van der Waals surface area contributed by atoms with Gasteiger partial charge >= 0.3 is 0 Å². The number of amides is 2. The normalized spacial score (nSPS) is 23.5. The van der Waals surface area contributed by atoms with Crippen LogP contribution in [0.3, 0.4) is 0 Å². The first-order valence-corrected chi connectivity index (χ1v) is 7.30. The van der Waals surface area contributed by atoms with Crippen molar-refractivity contribution in [3.63, 3.8) is 0 Å². The molecule has 2 N–H and O–H groups in total. The zero-order chi connectivity index (χ0) is 13.9. The van der Waals surface area contributed by atoms with Crippen molar-refractivity contribution in [2.45, 2.75) is 38.1 Å². The summed E-state index contributed by atoms with van der Waals surface area (Å²) in [7, 11) is 0. The van der Waals surface area contributed by atoms with Crippen LogP contribution >= 0.6 is 0 Å². The van der Waals surface area contributed by atoms with Gasteiger partial charge in [-0.25, -0.2) is 4.98 Å². The second kappa shape index (κ2) is 5.64. The van der Waals surface area contributed by atoms with Crippen LogP contribution in [-0.4, -0.2) is 45.8 Å². The molecule has 1 saturated carbocycles. The third-order valence-corrected chi connectivity index (χ3v) is 4.30. The molecule has 6 heteroatoms. The van der Waals surface area contributed by atoms with E-state index in [1.807, 2.05) is 4.90 Å². The molecule has 108 valence electrons. The number of H-pyrrole nitrogens is 1. The van der Waals surface area contributed by atoms with Crippen LogP contribution in [0.2, 0.25) is 0 Å². The molecule has 20 heavy (non-hydrogen) atoms. The predicted molar refractivity (Wildman–Crippen MR) is 73.0 cm³/mol. The number of rotatable bonds is 4. The second-order valence-corrected chi connectivity index (χ2v) is 5.73. The number of aromatic nitrogens is 2. The van der Waals surface area contributed by atoms with Gasteiger partial charge in [-0.2, -0.15) is 0 Å². The summed E-state index contributed by atoms with van der Waals surface area (Å²) >= 11 is 0. The molecule has 0 radical (unpaired) electrons. The van der Waals surface area contributed by atoms with Crippen molar-refractivity contribution in [3.05, 3.63) is 18.2 Å². The van der Waals surface area contributed by atoms with Crippen molar-refractivity contribution in [2.24, 2.45) is 5.92 Å². The number of hydrogen-bond donors (Lipinski definition) is 2. The van der Waals surface area contributed by atoms with Crippen LogP contribution in [0.1, 0.15) is 42.6 Å². The Labute approximate surface area is 117 Å². The molecule has 3 rings (SSSR count). The van der Waals surface area contributed by atoms with Gasteiger partial charge in [-0.15, -0.1) is 0 Å². The number of nitrogens with zero attached hydrogens (tertiary/aromatic N) is 2. The van der Waals surface area contributed by atoms with E-state index in [-0.39, 0.29) is 17.7 Å². The number of aromatic amines is 1. The van der Waals surface area contributed by atoms with Gasteiger partial charge in [-0.05, 0) is 12.8 Å². The van der Waals surface area contributed by atoms with Gasteiger partial charge in [-0.1, -0.05) is 12.8 Å². The third-order valence-electron chi connectivity index (χ3n) is 4.30. The molecular weight excluding hydrogens is 256 g/mol. The van der Waals surface area contributed by atoms with Crippen LogP contribution in [-0.2, 0) is 4.79 Å². The van der Waals surface area contributed by atoms with Gasteiger partial charge in [0, 0.05) is 31.5 Å². The lowest BCUT2D eigenvalue weighted by atomic mass is 10.1. The van der Waals surface area contributed by atoms with E-state index >= 15 is 0 Å². The fourth-order valence-corrected chi connectivity index (χ4v) is 3.23. The van der Waals surface area contributed by atoms with E-state index in [0.29, 0.717) is 24.7 Å². The zero-order valence-electron chi connectivity index (χ0n) is 11.5. The maximum absolute atomic E-state index is 12.0. The first-order chi connectivity index (χ1) is 9.74. The second-order valence-electron chi connectivity index (χ2n) is 5.73. The van der Waals surface area contributed by atoms with Crippen molar-refractivity contribution in [3.8, 4) is 0 Å². The molecule has 1 atom stereocenters. The average molecular weight is 276 g/mol. The molecule has 1 saturated heterocycles. The van der Waals surface area contributed by atoms with Crippen LogP contribution in [0.15, 0.2) is 12.5 Å². The van der Waals surface area contributed by atoms with Crippen molar-refractivity contribution >= 4 is 11.8 Å². The minimum absolute atomic E-state index is 0.158. The van der Waals surface area contributed by atoms with Gasteiger partial charge in [0.25, 0.3) is 5.91 Å². The predicted octanol–water partition coefficient (Wildman–Crippen LogP) is 0.931. The Hall–Kier alpha value is -1.85. The molecule has 2 aliphatic rings. The topological polar surface area (TPSA) is 78.1 Å². The Morgan fingerprint density at radius 1 is 1.45 bits per heavy atom. The Morgan fingerprint density at radius 3 is 2.95 bits per heavy atom. The summed E-state index contributed by atoms with van der Waals surface area (Å²) in [5.74, 6) is 0.321. The molecular formula is C14H20N4O2. The molecule has 2 fully saturated rings. The van der Waals surface area contributed by atoms with Crippen molar-refractivity contribution in [1.82, 2.24) is 20.2 Å². The smallest absolute Gasteiger partial charge is 0.269 e. The Bertz CT molecular complexity index is 479. The van der Waals surface area contributed by atoms with E-state index < -0.39 is 0 Å². The molecule has 2 amide bonds. The monoisotopic (exact) mass is 276 g/mol. The highest BCUT2D eigenvalue weighted by atomic mass is 16.2. The third kappa shape index (κ3) is 2.69. The molecule has 0 spiro atoms. The maximum atomic E-state index is 12.0. The van der Waals surface area contributed by atoms with Gasteiger partial charge in [0.15, 0.2) is 0 Å². The lowest BCUT2D eigenvalue weighted by Crippen LogP contribution is -2.36. The summed E-state index contributed by atoms with van der Waals surface area (Å²) in [4.78, 5) is 32.5. The highest BCUT2D eigenvalue weighted by Crippen LogP contribution is 2.29. The van der Waals surface area contributed by atoms with Gasteiger partial charge in [0.2, 0.25) is 5.91 Å². The lowest BCUT2D eigenvalue weighted by Gasteiger charge is -2.24. The summed E-state index contributed by atoms with van der Waals surface area (Å²) in [6.45, 7) is 1.33. The number of likely N-dealkylation sites (tertiary alicyclic amines) is 1. The zero-order valence-corrected chi connectivity index (χ0v) is 11.5. The number of imidazole rings is 1. The minimum Gasteiger partial charge on any atom is -0.350 e. The quantitative estimate of drug-likeness (QED) is 0.858. The first kappa shape index (κ1) is 13.1. The van der Waals surface area contributed by atoms with Gasteiger partial charge in [-0.3, -0.25) is 9.59 Å². The molecule has 2 heterocycles. The van der Waals surface area contributed by atoms with Crippen LogP contribution in [0.25, 0.3) is 0 Å². The van der Waals surface area contributed by atoms with E-state index in [0.717, 1.165) is 19.4 Å². The van der Waals surface area contributed by atoms with Crippen molar-refractivity contribution in [1.29, 1.82) is 0 Å². The summed E-state index contributed by atoms with van der Waals surface area (Å²) < 4.78 is 0. The summed E-state index contributed by atoms with van der Waals surface area (Å²) in [6, 6.07) is 0.441. The number of nitrogens with one attached hydrogen (secondary N) is 2. The first-order valence-electron chi connectivity index (χ1n) is 7.30. The van der Waals surface area contributed by atoms with E-state index in [2.05, 4.69) is 15.3 Å². The molecule has 0 bridgehead atoms.